The number of hydrogen-bond acceptors (Lipinski definition) is 4. The Labute approximate surface area is 255 Å². The highest BCUT2D eigenvalue weighted by atomic mass is 32.2. The molecule has 224 valence electrons. The molecule has 0 aromatic heterocycles. The van der Waals surface area contributed by atoms with E-state index in [1.165, 1.54) is 17.0 Å². The van der Waals surface area contributed by atoms with Gasteiger partial charge in [0.15, 0.2) is 0 Å². The van der Waals surface area contributed by atoms with Crippen molar-refractivity contribution in [3.8, 4) is 0 Å². The lowest BCUT2D eigenvalue weighted by molar-refractivity contribution is -0.140. The SMILES string of the molecule is Cc1cccc(CN(C(=O)CN(c2ccccc2)S(=O)(=O)c2ccccc2)[C@@H](Cc2ccccc2)C(=O)NCC(C)C)c1. The van der Waals surface area contributed by atoms with Crippen molar-refractivity contribution in [3.05, 3.63) is 132 Å². The molecule has 1 N–H and O–H groups in total. The van der Waals surface area contributed by atoms with Crippen molar-refractivity contribution < 1.29 is 18.0 Å². The van der Waals surface area contributed by atoms with Crippen molar-refractivity contribution >= 4 is 27.5 Å². The van der Waals surface area contributed by atoms with E-state index in [0.717, 1.165) is 21.0 Å². The molecule has 0 saturated heterocycles. The minimum absolute atomic E-state index is 0.0763. The summed E-state index contributed by atoms with van der Waals surface area (Å²) in [5, 5.41) is 3.01. The lowest BCUT2D eigenvalue weighted by atomic mass is 10.0. The van der Waals surface area contributed by atoms with Gasteiger partial charge in [-0.2, -0.15) is 0 Å². The van der Waals surface area contributed by atoms with Gasteiger partial charge in [0.2, 0.25) is 11.8 Å². The topological polar surface area (TPSA) is 86.8 Å². The van der Waals surface area contributed by atoms with E-state index >= 15 is 0 Å². The molecule has 0 fully saturated rings. The van der Waals surface area contributed by atoms with Gasteiger partial charge in [-0.25, -0.2) is 8.42 Å². The molecule has 0 aliphatic rings. The van der Waals surface area contributed by atoms with Gasteiger partial charge in [-0.1, -0.05) is 110 Å². The van der Waals surface area contributed by atoms with Crippen molar-refractivity contribution in [2.45, 2.75) is 44.7 Å². The van der Waals surface area contributed by atoms with Gasteiger partial charge in [0.25, 0.3) is 10.0 Å². The summed E-state index contributed by atoms with van der Waals surface area (Å²) in [7, 11) is -4.10. The maximum Gasteiger partial charge on any atom is 0.264 e. The van der Waals surface area contributed by atoms with E-state index < -0.39 is 28.5 Å². The van der Waals surface area contributed by atoms with E-state index in [4.69, 9.17) is 0 Å². The molecule has 1 atom stereocenters. The van der Waals surface area contributed by atoms with Crippen LogP contribution in [0, 0.1) is 12.8 Å². The number of anilines is 1. The van der Waals surface area contributed by atoms with E-state index in [-0.39, 0.29) is 29.7 Å². The first-order chi connectivity index (χ1) is 20.6. The van der Waals surface area contributed by atoms with Gasteiger partial charge in [0.1, 0.15) is 12.6 Å². The molecule has 43 heavy (non-hydrogen) atoms. The van der Waals surface area contributed by atoms with Crippen LogP contribution < -0.4 is 9.62 Å². The van der Waals surface area contributed by atoms with Crippen LogP contribution in [-0.4, -0.2) is 44.3 Å². The second-order valence-corrected chi connectivity index (χ2v) is 12.9. The average molecular weight is 598 g/mol. The number of sulfonamides is 1. The molecule has 0 spiro atoms. The summed E-state index contributed by atoms with van der Waals surface area (Å²) in [6.45, 7) is 6.10. The number of benzene rings is 4. The predicted octanol–water partition coefficient (Wildman–Crippen LogP) is 5.60. The Hall–Kier alpha value is -4.43. The fourth-order valence-electron chi connectivity index (χ4n) is 4.83. The van der Waals surface area contributed by atoms with Gasteiger partial charge in [0.05, 0.1) is 10.6 Å². The molecule has 4 aromatic carbocycles. The van der Waals surface area contributed by atoms with Crippen molar-refractivity contribution in [3.63, 3.8) is 0 Å². The fourth-order valence-corrected chi connectivity index (χ4v) is 6.26. The standard InChI is InChI=1S/C35H39N3O4S/c1-27(2)24-36-35(40)33(23-29-15-7-4-8-16-29)37(25-30-17-13-14-28(3)22-30)34(39)26-38(31-18-9-5-10-19-31)43(41,42)32-20-11-6-12-21-32/h4-22,27,33H,23-26H2,1-3H3,(H,36,40)/t33-/m0/s1. The minimum Gasteiger partial charge on any atom is -0.354 e. The number of carbonyl (C=O) groups is 2. The molecule has 4 aromatic rings. The fraction of sp³-hybridized carbons (Fsp3) is 0.257. The van der Waals surface area contributed by atoms with E-state index in [9.17, 15) is 18.0 Å². The van der Waals surface area contributed by atoms with Gasteiger partial charge in [-0.15, -0.1) is 0 Å². The smallest absolute Gasteiger partial charge is 0.264 e. The minimum atomic E-state index is -4.10. The predicted molar refractivity (Wildman–Crippen MR) is 171 cm³/mol. The molecule has 4 rings (SSSR count). The molecular weight excluding hydrogens is 558 g/mol. The largest absolute Gasteiger partial charge is 0.354 e. The Morgan fingerprint density at radius 2 is 1.35 bits per heavy atom. The maximum atomic E-state index is 14.4. The maximum absolute atomic E-state index is 14.4. The molecule has 0 radical (unpaired) electrons. The van der Waals surface area contributed by atoms with Gasteiger partial charge in [0, 0.05) is 19.5 Å². The van der Waals surface area contributed by atoms with Crippen LogP contribution in [0.15, 0.2) is 120 Å². The molecule has 0 heterocycles. The molecular formula is C35H39N3O4S. The third kappa shape index (κ3) is 8.55. The summed E-state index contributed by atoms with van der Waals surface area (Å²) in [4.78, 5) is 29.8. The molecule has 0 bridgehead atoms. The quantitative estimate of drug-likeness (QED) is 0.217. The van der Waals surface area contributed by atoms with Gasteiger partial charge in [-0.05, 0) is 48.2 Å². The summed E-state index contributed by atoms with van der Waals surface area (Å²) in [6, 6.07) is 33.1. The first-order valence-corrected chi connectivity index (χ1v) is 15.9. The van der Waals surface area contributed by atoms with Crippen molar-refractivity contribution in [1.82, 2.24) is 10.2 Å². The monoisotopic (exact) mass is 597 g/mol. The molecule has 7 nitrogen and oxygen atoms in total. The summed E-state index contributed by atoms with van der Waals surface area (Å²) < 4.78 is 29.0. The lowest BCUT2D eigenvalue weighted by Gasteiger charge is -2.34. The van der Waals surface area contributed by atoms with Gasteiger partial charge < -0.3 is 10.2 Å². The molecule has 2 amide bonds. The zero-order chi connectivity index (χ0) is 30.8. The first kappa shape index (κ1) is 31.5. The highest BCUT2D eigenvalue weighted by Gasteiger charge is 2.34. The number of aryl methyl sites for hydroxylation is 1. The molecule has 0 aliphatic carbocycles. The van der Waals surface area contributed by atoms with Crippen LogP contribution in [0.1, 0.15) is 30.5 Å². The van der Waals surface area contributed by atoms with Crippen molar-refractivity contribution in [1.29, 1.82) is 0 Å². The van der Waals surface area contributed by atoms with E-state index in [1.807, 2.05) is 75.4 Å². The number of nitrogens with zero attached hydrogens (tertiary/aromatic N) is 2. The second-order valence-electron chi connectivity index (χ2n) is 11.0. The number of carbonyl (C=O) groups excluding carboxylic acids is 2. The summed E-state index contributed by atoms with van der Waals surface area (Å²) in [6.07, 6.45) is 0.277. The van der Waals surface area contributed by atoms with Crippen LogP contribution in [0.3, 0.4) is 0 Å². The molecule has 8 heteroatoms. The average Bonchev–Trinajstić information content (AvgIpc) is 3.01. The zero-order valence-electron chi connectivity index (χ0n) is 24.9. The van der Waals surface area contributed by atoms with Crippen LogP contribution in [0.25, 0.3) is 0 Å². The van der Waals surface area contributed by atoms with Crippen LogP contribution in [0.5, 0.6) is 0 Å². The normalized spacial score (nSPS) is 12.0. The number of nitrogens with one attached hydrogen (secondary N) is 1. The third-order valence-corrected chi connectivity index (χ3v) is 8.83. The first-order valence-electron chi connectivity index (χ1n) is 14.4. The second kappa shape index (κ2) is 14.6. The van der Waals surface area contributed by atoms with E-state index in [0.29, 0.717) is 12.2 Å². The summed E-state index contributed by atoms with van der Waals surface area (Å²) in [5.41, 5.74) is 3.12. The van der Waals surface area contributed by atoms with E-state index in [1.54, 1.807) is 48.5 Å². The summed E-state index contributed by atoms with van der Waals surface area (Å²) >= 11 is 0. The highest BCUT2D eigenvalue weighted by molar-refractivity contribution is 7.92. The number of para-hydroxylation sites is 1. The van der Waals surface area contributed by atoms with Gasteiger partial charge in [-0.3, -0.25) is 13.9 Å². The Bertz CT molecular complexity index is 1590. The Kier molecular flexibility index (Phi) is 10.7. The molecule has 0 unspecified atom stereocenters. The number of rotatable bonds is 13. The zero-order valence-corrected chi connectivity index (χ0v) is 25.7. The van der Waals surface area contributed by atoms with Crippen LogP contribution in [-0.2, 0) is 32.6 Å². The van der Waals surface area contributed by atoms with Crippen LogP contribution in [0.2, 0.25) is 0 Å². The Morgan fingerprint density at radius 1 is 0.767 bits per heavy atom. The van der Waals surface area contributed by atoms with E-state index in [2.05, 4.69) is 5.32 Å². The third-order valence-electron chi connectivity index (χ3n) is 7.05. The molecule has 0 saturated carbocycles. The van der Waals surface area contributed by atoms with Crippen LogP contribution in [0.4, 0.5) is 5.69 Å². The van der Waals surface area contributed by atoms with Crippen molar-refractivity contribution in [2.75, 3.05) is 17.4 Å². The lowest BCUT2D eigenvalue weighted by Crippen LogP contribution is -2.53. The summed E-state index contributed by atoms with van der Waals surface area (Å²) in [5.74, 6) is -0.548. The number of hydrogen-bond donors (Lipinski definition) is 1. The Balaban J connectivity index is 1.77. The highest BCUT2D eigenvalue weighted by Crippen LogP contribution is 2.25. The molecule has 0 aliphatic heterocycles. The van der Waals surface area contributed by atoms with Crippen molar-refractivity contribution in [2.24, 2.45) is 5.92 Å². The van der Waals surface area contributed by atoms with Crippen LogP contribution >= 0.6 is 0 Å². The Morgan fingerprint density at radius 3 is 1.95 bits per heavy atom. The van der Waals surface area contributed by atoms with Gasteiger partial charge >= 0.3 is 0 Å². The number of amides is 2.